The summed E-state index contributed by atoms with van der Waals surface area (Å²) in [6.45, 7) is 3.08. The molecule has 10 heteroatoms. The minimum absolute atomic E-state index is 0.0474. The number of aromatic nitrogens is 1. The van der Waals surface area contributed by atoms with Gasteiger partial charge in [0, 0.05) is 20.2 Å². The largest absolute Gasteiger partial charge is 0.449 e. The zero-order chi connectivity index (χ0) is 19.5. The fourth-order valence-corrected chi connectivity index (χ4v) is 2.81. The van der Waals surface area contributed by atoms with Crippen LogP contribution < -0.4 is 5.32 Å². The van der Waals surface area contributed by atoms with E-state index in [0.29, 0.717) is 5.76 Å². The number of hydrogen-bond acceptors (Lipinski definition) is 7. The smallest absolute Gasteiger partial charge is 0.338 e. The summed E-state index contributed by atoms with van der Waals surface area (Å²) in [7, 11) is -0.765. The second kappa shape index (κ2) is 7.67. The fourth-order valence-electron chi connectivity index (χ4n) is 1.91. The highest BCUT2D eigenvalue weighted by atomic mass is 32.2. The average Bonchev–Trinajstić information content (AvgIpc) is 2.99. The molecular formula is C16H19N3O6S. The van der Waals surface area contributed by atoms with E-state index in [0.717, 1.165) is 4.31 Å². The first kappa shape index (κ1) is 19.6. The molecule has 0 bridgehead atoms. The normalized spacial score (nSPS) is 12.7. The molecule has 1 aromatic heterocycles. The van der Waals surface area contributed by atoms with Crippen LogP contribution in [0.15, 0.2) is 39.8 Å². The molecule has 0 aliphatic rings. The molecule has 0 saturated carbocycles. The Hall–Kier alpha value is -2.72. The number of hydrogen-bond donors (Lipinski definition) is 1. The Morgan fingerprint density at radius 1 is 1.23 bits per heavy atom. The number of esters is 1. The number of sulfonamides is 1. The van der Waals surface area contributed by atoms with Crippen molar-refractivity contribution in [2.24, 2.45) is 0 Å². The second-order valence-corrected chi connectivity index (χ2v) is 7.82. The molecule has 0 aliphatic carbocycles. The Labute approximate surface area is 151 Å². The number of anilines is 1. The van der Waals surface area contributed by atoms with Crippen molar-refractivity contribution in [3.8, 4) is 0 Å². The molecule has 1 aromatic carbocycles. The first-order valence-corrected chi connectivity index (χ1v) is 9.03. The van der Waals surface area contributed by atoms with E-state index in [1.54, 1.807) is 6.92 Å². The zero-order valence-corrected chi connectivity index (χ0v) is 15.5. The molecule has 2 rings (SSSR count). The third-order valence-corrected chi connectivity index (χ3v) is 5.23. The van der Waals surface area contributed by atoms with Gasteiger partial charge in [0.15, 0.2) is 11.9 Å². The molecule has 0 spiro atoms. The third kappa shape index (κ3) is 4.46. The number of benzene rings is 1. The van der Waals surface area contributed by atoms with Gasteiger partial charge in [-0.25, -0.2) is 17.5 Å². The summed E-state index contributed by atoms with van der Waals surface area (Å²) in [5.41, 5.74) is 0.125. The van der Waals surface area contributed by atoms with Crippen LogP contribution in [0.1, 0.15) is 23.0 Å². The van der Waals surface area contributed by atoms with Gasteiger partial charge < -0.3 is 14.6 Å². The fraction of sp³-hybridized carbons (Fsp3) is 0.312. The van der Waals surface area contributed by atoms with Crippen LogP contribution in [0.2, 0.25) is 0 Å². The van der Waals surface area contributed by atoms with Gasteiger partial charge in [0.2, 0.25) is 10.0 Å². The Bertz CT molecular complexity index is 902. The van der Waals surface area contributed by atoms with Crippen molar-refractivity contribution in [2.75, 3.05) is 19.4 Å². The summed E-state index contributed by atoms with van der Waals surface area (Å²) in [6.07, 6.45) is -1.08. The predicted octanol–water partition coefficient (Wildman–Crippen LogP) is 1.42. The number of amides is 1. The lowest BCUT2D eigenvalue weighted by Gasteiger charge is -2.13. The highest BCUT2D eigenvalue weighted by molar-refractivity contribution is 7.89. The van der Waals surface area contributed by atoms with Crippen molar-refractivity contribution in [3.05, 3.63) is 41.7 Å². The van der Waals surface area contributed by atoms with E-state index in [2.05, 4.69) is 10.5 Å². The molecule has 0 saturated heterocycles. The molecule has 9 nitrogen and oxygen atoms in total. The van der Waals surface area contributed by atoms with E-state index in [-0.39, 0.29) is 16.3 Å². The highest BCUT2D eigenvalue weighted by Crippen LogP contribution is 2.15. The lowest BCUT2D eigenvalue weighted by molar-refractivity contribution is -0.123. The topological polar surface area (TPSA) is 119 Å². The lowest BCUT2D eigenvalue weighted by Crippen LogP contribution is -2.30. The minimum atomic E-state index is -3.59. The van der Waals surface area contributed by atoms with E-state index in [1.165, 1.54) is 51.4 Å². The van der Waals surface area contributed by atoms with Gasteiger partial charge in [-0.1, -0.05) is 5.16 Å². The van der Waals surface area contributed by atoms with Gasteiger partial charge >= 0.3 is 5.97 Å². The number of rotatable bonds is 6. The van der Waals surface area contributed by atoms with Crippen LogP contribution in [0.3, 0.4) is 0 Å². The van der Waals surface area contributed by atoms with Crippen LogP contribution in [0.5, 0.6) is 0 Å². The van der Waals surface area contributed by atoms with Crippen LogP contribution in [0.25, 0.3) is 0 Å². The standard InChI is InChI=1S/C16H19N3O6S/c1-10-9-14(18-25-10)17-15(20)11(2)24-16(21)12-5-7-13(8-6-12)26(22,23)19(3)4/h5-9,11H,1-4H3,(H,17,18,20)/t11-/m0/s1. The molecule has 0 radical (unpaired) electrons. The lowest BCUT2D eigenvalue weighted by atomic mass is 10.2. The molecule has 26 heavy (non-hydrogen) atoms. The first-order chi connectivity index (χ1) is 12.1. The van der Waals surface area contributed by atoms with Crippen LogP contribution >= 0.6 is 0 Å². The van der Waals surface area contributed by atoms with Crippen molar-refractivity contribution in [3.63, 3.8) is 0 Å². The van der Waals surface area contributed by atoms with Gasteiger partial charge in [0.05, 0.1) is 10.5 Å². The summed E-state index contributed by atoms with van der Waals surface area (Å²) in [6, 6.07) is 6.77. The molecule has 1 amide bonds. The van der Waals surface area contributed by atoms with Gasteiger partial charge in [0.1, 0.15) is 5.76 Å². The second-order valence-electron chi connectivity index (χ2n) is 5.67. The maximum atomic E-state index is 12.1. The third-order valence-electron chi connectivity index (χ3n) is 3.40. The van der Waals surface area contributed by atoms with E-state index in [1.807, 2.05) is 0 Å². The van der Waals surface area contributed by atoms with Gasteiger partial charge in [-0.15, -0.1) is 0 Å². The molecule has 2 aromatic rings. The van der Waals surface area contributed by atoms with Gasteiger partial charge in [-0.2, -0.15) is 0 Å². The van der Waals surface area contributed by atoms with Crippen molar-refractivity contribution in [1.82, 2.24) is 9.46 Å². The number of nitrogens with one attached hydrogen (secondary N) is 1. The molecule has 140 valence electrons. The first-order valence-electron chi connectivity index (χ1n) is 7.59. The van der Waals surface area contributed by atoms with Crippen LogP contribution in [0.4, 0.5) is 5.82 Å². The maximum Gasteiger partial charge on any atom is 0.338 e. The Morgan fingerprint density at radius 2 is 1.85 bits per heavy atom. The number of aryl methyl sites for hydroxylation is 1. The summed E-state index contributed by atoms with van der Waals surface area (Å²) in [5.74, 6) is -0.581. The quantitative estimate of drug-likeness (QED) is 0.752. The molecule has 1 heterocycles. The van der Waals surface area contributed by atoms with E-state index in [9.17, 15) is 18.0 Å². The van der Waals surface area contributed by atoms with Crippen LogP contribution in [-0.4, -0.2) is 50.0 Å². The molecule has 0 aliphatic heterocycles. The summed E-state index contributed by atoms with van der Waals surface area (Å²) >= 11 is 0. The SMILES string of the molecule is Cc1cc(NC(=O)[C@H](C)OC(=O)c2ccc(S(=O)(=O)N(C)C)cc2)no1. The van der Waals surface area contributed by atoms with Gasteiger partial charge in [0.25, 0.3) is 5.91 Å². The highest BCUT2D eigenvalue weighted by Gasteiger charge is 2.21. The van der Waals surface area contributed by atoms with Crippen LogP contribution in [0, 0.1) is 6.92 Å². The number of ether oxygens (including phenoxy) is 1. The number of carbonyl (C=O) groups is 2. The van der Waals surface area contributed by atoms with Crippen molar-refractivity contribution in [2.45, 2.75) is 24.8 Å². The summed E-state index contributed by atoms with van der Waals surface area (Å²) < 4.78 is 35.0. The number of nitrogens with zero attached hydrogens (tertiary/aromatic N) is 2. The molecule has 1 atom stereocenters. The summed E-state index contributed by atoms with van der Waals surface area (Å²) in [4.78, 5) is 24.2. The van der Waals surface area contributed by atoms with Crippen molar-refractivity contribution < 1.29 is 27.3 Å². The number of carbonyl (C=O) groups excluding carboxylic acids is 2. The monoisotopic (exact) mass is 381 g/mol. The Morgan fingerprint density at radius 3 is 2.35 bits per heavy atom. The Balaban J connectivity index is 2.01. The molecular weight excluding hydrogens is 362 g/mol. The average molecular weight is 381 g/mol. The minimum Gasteiger partial charge on any atom is -0.449 e. The van der Waals surface area contributed by atoms with Crippen LogP contribution in [-0.2, 0) is 19.6 Å². The van der Waals surface area contributed by atoms with Crippen molar-refractivity contribution >= 4 is 27.7 Å². The molecule has 1 N–H and O–H groups in total. The molecule has 0 fully saturated rings. The molecule has 0 unspecified atom stereocenters. The van der Waals surface area contributed by atoms with Gasteiger partial charge in [-0.05, 0) is 38.1 Å². The van der Waals surface area contributed by atoms with E-state index < -0.39 is 28.0 Å². The van der Waals surface area contributed by atoms with Gasteiger partial charge in [-0.3, -0.25) is 4.79 Å². The van der Waals surface area contributed by atoms with E-state index in [4.69, 9.17) is 9.26 Å². The zero-order valence-electron chi connectivity index (χ0n) is 14.7. The predicted molar refractivity (Wildman–Crippen MR) is 92.1 cm³/mol. The Kier molecular flexibility index (Phi) is 5.78. The maximum absolute atomic E-state index is 12.1. The summed E-state index contributed by atoms with van der Waals surface area (Å²) in [5, 5.41) is 6.07. The van der Waals surface area contributed by atoms with Crippen molar-refractivity contribution in [1.29, 1.82) is 0 Å². The van der Waals surface area contributed by atoms with E-state index >= 15 is 0 Å².